The number of aliphatic carboxylic acids is 1. The SMILES string of the molecule is COC(=O)C[C@@H]1C(=O)N(CC(=O)O)CCN1C(=O)[C@H](CC(=O)N1CCN(c2ccncc2)CC1)NS(=O)(=O)c1ccc(OC)cc1. The Morgan fingerprint density at radius 1 is 0.978 bits per heavy atom. The molecule has 3 amide bonds. The van der Waals surface area contributed by atoms with Crippen LogP contribution >= 0.6 is 0 Å². The van der Waals surface area contributed by atoms with Gasteiger partial charge in [0.05, 0.1) is 32.0 Å². The number of carboxylic acid groups (broad SMARTS) is 1. The predicted octanol–water partition coefficient (Wildman–Crippen LogP) is -0.837. The van der Waals surface area contributed by atoms with Crippen LogP contribution in [0.25, 0.3) is 0 Å². The number of methoxy groups -OCH3 is 2. The lowest BCUT2D eigenvalue weighted by Crippen LogP contribution is -2.63. The number of aromatic nitrogens is 1. The molecule has 2 fully saturated rings. The summed E-state index contributed by atoms with van der Waals surface area (Å²) < 4.78 is 39.0. The Balaban J connectivity index is 1.58. The molecule has 2 atom stereocenters. The number of pyridine rings is 1. The summed E-state index contributed by atoms with van der Waals surface area (Å²) >= 11 is 0. The first-order valence-electron chi connectivity index (χ1n) is 14.4. The van der Waals surface area contributed by atoms with E-state index in [0.717, 1.165) is 22.6 Å². The van der Waals surface area contributed by atoms with Gasteiger partial charge in [-0.1, -0.05) is 0 Å². The fraction of sp³-hybridized carbons (Fsp3) is 0.448. The summed E-state index contributed by atoms with van der Waals surface area (Å²) in [6.07, 6.45) is 2.16. The van der Waals surface area contributed by atoms with Gasteiger partial charge < -0.3 is 34.2 Å². The van der Waals surface area contributed by atoms with Crippen LogP contribution < -0.4 is 14.4 Å². The zero-order chi connectivity index (χ0) is 33.4. The van der Waals surface area contributed by atoms with Gasteiger partial charge in [-0.25, -0.2) is 8.42 Å². The number of rotatable bonds is 12. The van der Waals surface area contributed by atoms with Crippen molar-refractivity contribution in [2.45, 2.75) is 29.8 Å². The molecule has 2 aliphatic heterocycles. The maximum Gasteiger partial charge on any atom is 0.323 e. The van der Waals surface area contributed by atoms with Gasteiger partial charge in [-0.05, 0) is 36.4 Å². The second-order valence-corrected chi connectivity index (χ2v) is 12.3. The highest BCUT2D eigenvalue weighted by Crippen LogP contribution is 2.22. The van der Waals surface area contributed by atoms with Crippen LogP contribution in [0.1, 0.15) is 12.8 Å². The number of sulfonamides is 1. The second-order valence-electron chi connectivity index (χ2n) is 10.6. The summed E-state index contributed by atoms with van der Waals surface area (Å²) in [4.78, 5) is 73.9. The summed E-state index contributed by atoms with van der Waals surface area (Å²) in [5.41, 5.74) is 0.936. The first-order valence-corrected chi connectivity index (χ1v) is 15.9. The molecule has 3 heterocycles. The van der Waals surface area contributed by atoms with Gasteiger partial charge in [-0.2, -0.15) is 4.72 Å². The van der Waals surface area contributed by atoms with Crippen LogP contribution in [0.5, 0.6) is 5.75 Å². The van der Waals surface area contributed by atoms with Gasteiger partial charge in [0.1, 0.15) is 24.4 Å². The predicted molar refractivity (Wildman–Crippen MR) is 161 cm³/mol. The standard InChI is InChI=1S/C29H36N6O10S/c1-44-21-3-5-22(6-4-21)46(42,43)31-23(17-25(36)33-13-11-32(12-14-33)20-7-9-30-10-8-20)28(40)35-16-15-34(19-26(37)38)29(41)24(35)18-27(39)45-2/h3-10,23-24,31H,11-19H2,1-2H3,(H,37,38)/t23-,24+/m0/s1. The second kappa shape index (κ2) is 15.0. The molecule has 1 aromatic heterocycles. The Hall–Kier alpha value is -4.77. The van der Waals surface area contributed by atoms with Gasteiger partial charge in [0, 0.05) is 57.3 Å². The van der Waals surface area contributed by atoms with E-state index in [0.29, 0.717) is 31.9 Å². The van der Waals surface area contributed by atoms with Crippen LogP contribution in [-0.2, 0) is 38.7 Å². The molecule has 2 saturated heterocycles. The monoisotopic (exact) mass is 660 g/mol. The lowest BCUT2D eigenvalue weighted by Gasteiger charge is -2.41. The third-order valence-corrected chi connectivity index (χ3v) is 9.27. The van der Waals surface area contributed by atoms with E-state index >= 15 is 0 Å². The molecule has 1 aromatic carbocycles. The van der Waals surface area contributed by atoms with Crippen molar-refractivity contribution in [2.24, 2.45) is 0 Å². The van der Waals surface area contributed by atoms with Crippen molar-refractivity contribution in [1.82, 2.24) is 24.4 Å². The van der Waals surface area contributed by atoms with Crippen molar-refractivity contribution in [1.29, 1.82) is 0 Å². The third-order valence-electron chi connectivity index (χ3n) is 7.78. The van der Waals surface area contributed by atoms with E-state index in [4.69, 9.17) is 9.47 Å². The van der Waals surface area contributed by atoms with Crippen LogP contribution in [0.2, 0.25) is 0 Å². The molecule has 17 heteroatoms. The topological polar surface area (TPSA) is 196 Å². The Labute approximate surface area is 265 Å². The summed E-state index contributed by atoms with van der Waals surface area (Å²) in [7, 11) is -1.87. The first-order chi connectivity index (χ1) is 21.9. The third kappa shape index (κ3) is 8.28. The average molecular weight is 661 g/mol. The first kappa shape index (κ1) is 34.1. The minimum atomic E-state index is -4.38. The molecule has 2 aliphatic rings. The van der Waals surface area contributed by atoms with E-state index in [-0.39, 0.29) is 18.0 Å². The zero-order valence-electron chi connectivity index (χ0n) is 25.4. The van der Waals surface area contributed by atoms with Crippen LogP contribution in [0.4, 0.5) is 5.69 Å². The maximum absolute atomic E-state index is 14.1. The number of piperazine rings is 2. The van der Waals surface area contributed by atoms with Gasteiger partial charge in [0.15, 0.2) is 0 Å². The highest BCUT2D eigenvalue weighted by molar-refractivity contribution is 7.89. The quantitative estimate of drug-likeness (QED) is 0.269. The summed E-state index contributed by atoms with van der Waals surface area (Å²) in [5.74, 6) is -3.96. The molecule has 0 spiro atoms. The van der Waals surface area contributed by atoms with Crippen molar-refractivity contribution in [2.75, 3.05) is 64.9 Å². The van der Waals surface area contributed by atoms with Crippen LogP contribution in [-0.4, -0.2) is 135 Å². The van der Waals surface area contributed by atoms with Gasteiger partial charge in [-0.3, -0.25) is 29.0 Å². The molecule has 0 bridgehead atoms. The number of anilines is 1. The van der Waals surface area contributed by atoms with E-state index < -0.39 is 71.2 Å². The van der Waals surface area contributed by atoms with Gasteiger partial charge in [-0.15, -0.1) is 0 Å². The summed E-state index contributed by atoms with van der Waals surface area (Å²) in [6.45, 7) is 0.558. The highest BCUT2D eigenvalue weighted by Gasteiger charge is 2.43. The Morgan fingerprint density at radius 3 is 2.22 bits per heavy atom. The lowest BCUT2D eigenvalue weighted by atomic mass is 10.0. The molecule has 16 nitrogen and oxygen atoms in total. The largest absolute Gasteiger partial charge is 0.497 e. The number of carbonyl (C=O) groups excluding carboxylic acids is 4. The molecule has 0 radical (unpaired) electrons. The zero-order valence-corrected chi connectivity index (χ0v) is 26.2. The molecule has 2 N–H and O–H groups in total. The minimum absolute atomic E-state index is 0.183. The fourth-order valence-electron chi connectivity index (χ4n) is 5.32. The molecular formula is C29H36N6O10S. The lowest BCUT2D eigenvalue weighted by molar-refractivity contribution is -0.159. The van der Waals surface area contributed by atoms with E-state index in [2.05, 4.69) is 14.6 Å². The fourth-order valence-corrected chi connectivity index (χ4v) is 6.51. The highest BCUT2D eigenvalue weighted by atomic mass is 32.2. The number of nitrogens with one attached hydrogen (secondary N) is 1. The van der Waals surface area contributed by atoms with Crippen molar-refractivity contribution in [3.63, 3.8) is 0 Å². The van der Waals surface area contributed by atoms with E-state index in [1.807, 2.05) is 12.1 Å². The molecule has 2 aromatic rings. The number of hydrogen-bond acceptors (Lipinski definition) is 11. The average Bonchev–Trinajstić information content (AvgIpc) is 3.06. The number of hydrogen-bond donors (Lipinski definition) is 2. The van der Waals surface area contributed by atoms with Crippen molar-refractivity contribution in [3.8, 4) is 5.75 Å². The number of esters is 1. The number of benzene rings is 1. The van der Waals surface area contributed by atoms with E-state index in [1.165, 1.54) is 36.3 Å². The molecule has 0 saturated carbocycles. The molecular weight excluding hydrogens is 624 g/mol. The van der Waals surface area contributed by atoms with Crippen LogP contribution in [0.15, 0.2) is 53.7 Å². The summed E-state index contributed by atoms with van der Waals surface area (Å²) in [5, 5.41) is 9.24. The molecule has 4 rings (SSSR count). The van der Waals surface area contributed by atoms with Crippen molar-refractivity contribution >= 4 is 45.4 Å². The number of amides is 3. The summed E-state index contributed by atoms with van der Waals surface area (Å²) in [6, 6.07) is 5.97. The smallest absolute Gasteiger partial charge is 0.323 e. The number of carbonyl (C=O) groups is 5. The number of ether oxygens (including phenoxy) is 2. The maximum atomic E-state index is 14.1. The van der Waals surface area contributed by atoms with E-state index in [9.17, 15) is 37.5 Å². The Morgan fingerprint density at radius 2 is 1.63 bits per heavy atom. The molecule has 46 heavy (non-hydrogen) atoms. The van der Waals surface area contributed by atoms with Crippen molar-refractivity contribution < 1.29 is 47.0 Å². The van der Waals surface area contributed by atoms with Crippen LogP contribution in [0, 0.1) is 0 Å². The minimum Gasteiger partial charge on any atom is -0.497 e. The van der Waals surface area contributed by atoms with Gasteiger partial charge in [0.25, 0.3) is 0 Å². The van der Waals surface area contributed by atoms with Crippen molar-refractivity contribution in [3.05, 3.63) is 48.8 Å². The normalized spacial score (nSPS) is 17.8. The Bertz CT molecular complexity index is 1530. The molecule has 248 valence electrons. The number of nitrogens with zero attached hydrogens (tertiary/aromatic N) is 5. The van der Waals surface area contributed by atoms with E-state index in [1.54, 1.807) is 12.4 Å². The van der Waals surface area contributed by atoms with Gasteiger partial charge >= 0.3 is 11.9 Å². The van der Waals surface area contributed by atoms with Gasteiger partial charge in [0.2, 0.25) is 27.7 Å². The number of carboxylic acids is 1. The molecule has 0 aliphatic carbocycles. The molecule has 0 unspecified atom stereocenters. The van der Waals surface area contributed by atoms with Crippen LogP contribution in [0.3, 0.4) is 0 Å². The Kier molecular flexibility index (Phi) is 11.1.